The van der Waals surface area contributed by atoms with E-state index in [0.29, 0.717) is 17.1 Å². The summed E-state index contributed by atoms with van der Waals surface area (Å²) in [5.74, 6) is -0.277. The molecule has 0 aromatic heterocycles. The van der Waals surface area contributed by atoms with Crippen LogP contribution in [0.5, 0.6) is 0 Å². The molecule has 19 heavy (non-hydrogen) atoms. The summed E-state index contributed by atoms with van der Waals surface area (Å²) in [6.45, 7) is 6.44. The number of benzene rings is 1. The first kappa shape index (κ1) is 14.6. The summed E-state index contributed by atoms with van der Waals surface area (Å²) in [6, 6.07) is 5.67. The molecule has 1 heterocycles. The molecule has 1 N–H and O–H groups in total. The van der Waals surface area contributed by atoms with Gasteiger partial charge < -0.3 is 10.2 Å². The van der Waals surface area contributed by atoms with Gasteiger partial charge in [-0.15, -0.1) is 0 Å². The standard InChI is InChI=1S/C15H22ClFN2/c1-3-7-18-13-6-8-19(11(2)9-13)15-5-4-12(17)10-14(15)16/h4-5,10-11,13,18H,3,6-9H2,1-2H3. The lowest BCUT2D eigenvalue weighted by atomic mass is 9.97. The summed E-state index contributed by atoms with van der Waals surface area (Å²) < 4.78 is 13.1. The Bertz CT molecular complexity index is 425. The van der Waals surface area contributed by atoms with Gasteiger partial charge in [-0.3, -0.25) is 0 Å². The van der Waals surface area contributed by atoms with Crippen LogP contribution in [0.25, 0.3) is 0 Å². The van der Waals surface area contributed by atoms with Gasteiger partial charge in [0.05, 0.1) is 10.7 Å². The molecule has 1 aromatic carbocycles. The number of nitrogens with zero attached hydrogens (tertiary/aromatic N) is 1. The highest BCUT2D eigenvalue weighted by molar-refractivity contribution is 6.33. The molecule has 0 bridgehead atoms. The lowest BCUT2D eigenvalue weighted by Gasteiger charge is -2.40. The van der Waals surface area contributed by atoms with Crippen LogP contribution in [0.15, 0.2) is 18.2 Å². The molecule has 0 aliphatic carbocycles. The third-order valence-electron chi connectivity index (χ3n) is 3.78. The second-order valence-electron chi connectivity index (χ2n) is 5.31. The van der Waals surface area contributed by atoms with Gasteiger partial charge in [-0.2, -0.15) is 0 Å². The van der Waals surface area contributed by atoms with Crippen molar-refractivity contribution >= 4 is 17.3 Å². The molecule has 2 nitrogen and oxygen atoms in total. The van der Waals surface area contributed by atoms with E-state index in [1.54, 1.807) is 6.07 Å². The Labute approximate surface area is 119 Å². The minimum absolute atomic E-state index is 0.277. The van der Waals surface area contributed by atoms with E-state index in [-0.39, 0.29) is 5.82 Å². The first-order chi connectivity index (χ1) is 9.11. The molecule has 1 fully saturated rings. The van der Waals surface area contributed by atoms with E-state index in [4.69, 9.17) is 11.6 Å². The van der Waals surface area contributed by atoms with Crippen LogP contribution >= 0.6 is 11.6 Å². The Morgan fingerprint density at radius 2 is 2.26 bits per heavy atom. The van der Waals surface area contributed by atoms with Crippen LogP contribution in [0.1, 0.15) is 33.1 Å². The fourth-order valence-electron chi connectivity index (χ4n) is 2.78. The molecule has 2 atom stereocenters. The summed E-state index contributed by atoms with van der Waals surface area (Å²) in [7, 11) is 0. The molecular weight excluding hydrogens is 263 g/mol. The molecule has 0 amide bonds. The predicted octanol–water partition coefficient (Wildman–Crippen LogP) is 3.84. The molecule has 106 valence electrons. The number of halogens is 2. The number of rotatable bonds is 4. The van der Waals surface area contributed by atoms with Crippen molar-refractivity contribution in [2.24, 2.45) is 0 Å². The zero-order valence-electron chi connectivity index (χ0n) is 11.6. The largest absolute Gasteiger partial charge is 0.368 e. The average molecular weight is 285 g/mol. The fraction of sp³-hybridized carbons (Fsp3) is 0.600. The van der Waals surface area contributed by atoms with Gasteiger partial charge in [0.1, 0.15) is 5.82 Å². The minimum atomic E-state index is -0.277. The normalized spacial score (nSPS) is 23.7. The van der Waals surface area contributed by atoms with Gasteiger partial charge in [0.25, 0.3) is 0 Å². The molecule has 1 aliphatic heterocycles. The van der Waals surface area contributed by atoms with Gasteiger partial charge in [-0.05, 0) is 50.9 Å². The third kappa shape index (κ3) is 3.61. The molecule has 2 unspecified atom stereocenters. The lowest BCUT2D eigenvalue weighted by Crippen LogP contribution is -2.47. The summed E-state index contributed by atoms with van der Waals surface area (Å²) in [5, 5.41) is 4.08. The van der Waals surface area contributed by atoms with Gasteiger partial charge in [0, 0.05) is 18.6 Å². The average Bonchev–Trinajstić information content (AvgIpc) is 2.37. The van der Waals surface area contributed by atoms with E-state index in [0.717, 1.165) is 31.6 Å². The second kappa shape index (κ2) is 6.58. The predicted molar refractivity (Wildman–Crippen MR) is 79.5 cm³/mol. The van der Waals surface area contributed by atoms with Gasteiger partial charge in [-0.1, -0.05) is 18.5 Å². The van der Waals surface area contributed by atoms with Crippen LogP contribution < -0.4 is 10.2 Å². The van der Waals surface area contributed by atoms with Crippen LogP contribution in [-0.4, -0.2) is 25.2 Å². The van der Waals surface area contributed by atoms with Gasteiger partial charge >= 0.3 is 0 Å². The maximum Gasteiger partial charge on any atom is 0.124 e. The first-order valence-corrected chi connectivity index (χ1v) is 7.44. The highest BCUT2D eigenvalue weighted by Crippen LogP contribution is 2.31. The van der Waals surface area contributed by atoms with Gasteiger partial charge in [0.2, 0.25) is 0 Å². The number of hydrogen-bond acceptors (Lipinski definition) is 2. The summed E-state index contributed by atoms with van der Waals surface area (Å²) in [5.41, 5.74) is 0.949. The van der Waals surface area contributed by atoms with Gasteiger partial charge in [0.15, 0.2) is 0 Å². The van der Waals surface area contributed by atoms with Crippen molar-refractivity contribution in [3.8, 4) is 0 Å². The molecule has 1 aromatic rings. The number of piperidine rings is 1. The maximum absolute atomic E-state index is 13.1. The minimum Gasteiger partial charge on any atom is -0.368 e. The smallest absolute Gasteiger partial charge is 0.124 e. The molecule has 0 radical (unpaired) electrons. The highest BCUT2D eigenvalue weighted by atomic mass is 35.5. The van der Waals surface area contributed by atoms with Crippen LogP contribution in [0.4, 0.5) is 10.1 Å². The summed E-state index contributed by atoms with van der Waals surface area (Å²) >= 11 is 6.15. The van der Waals surface area contributed by atoms with Gasteiger partial charge in [-0.25, -0.2) is 4.39 Å². The highest BCUT2D eigenvalue weighted by Gasteiger charge is 2.26. The molecule has 1 saturated heterocycles. The van der Waals surface area contributed by atoms with E-state index in [2.05, 4.69) is 24.1 Å². The zero-order valence-corrected chi connectivity index (χ0v) is 12.4. The number of hydrogen-bond donors (Lipinski definition) is 1. The van der Waals surface area contributed by atoms with Crippen molar-refractivity contribution in [2.45, 2.75) is 45.2 Å². The molecule has 0 spiro atoms. The van der Waals surface area contributed by atoms with Crippen molar-refractivity contribution < 1.29 is 4.39 Å². The first-order valence-electron chi connectivity index (χ1n) is 7.07. The van der Waals surface area contributed by atoms with E-state index in [1.165, 1.54) is 18.6 Å². The van der Waals surface area contributed by atoms with Crippen molar-refractivity contribution in [3.63, 3.8) is 0 Å². The Morgan fingerprint density at radius 3 is 2.89 bits per heavy atom. The molecule has 1 aliphatic rings. The maximum atomic E-state index is 13.1. The topological polar surface area (TPSA) is 15.3 Å². The van der Waals surface area contributed by atoms with E-state index < -0.39 is 0 Å². The zero-order chi connectivity index (χ0) is 13.8. The Kier molecular flexibility index (Phi) is 5.06. The van der Waals surface area contributed by atoms with E-state index in [9.17, 15) is 4.39 Å². The van der Waals surface area contributed by atoms with E-state index in [1.807, 2.05) is 0 Å². The fourth-order valence-corrected chi connectivity index (χ4v) is 3.05. The molecule has 0 saturated carbocycles. The van der Waals surface area contributed by atoms with Crippen molar-refractivity contribution in [1.29, 1.82) is 0 Å². The number of anilines is 1. The quantitative estimate of drug-likeness (QED) is 0.904. The SMILES string of the molecule is CCCNC1CCN(c2ccc(F)cc2Cl)C(C)C1. The van der Waals surface area contributed by atoms with Crippen molar-refractivity contribution in [1.82, 2.24) is 5.32 Å². The number of nitrogens with one attached hydrogen (secondary N) is 1. The molecule has 4 heteroatoms. The monoisotopic (exact) mass is 284 g/mol. The van der Waals surface area contributed by atoms with E-state index >= 15 is 0 Å². The second-order valence-corrected chi connectivity index (χ2v) is 5.72. The third-order valence-corrected chi connectivity index (χ3v) is 4.08. The Balaban J connectivity index is 2.03. The van der Waals surface area contributed by atoms with Crippen LogP contribution in [0.2, 0.25) is 5.02 Å². The molecular formula is C15H22ClFN2. The van der Waals surface area contributed by atoms with Crippen LogP contribution in [0.3, 0.4) is 0 Å². The molecule has 2 rings (SSSR count). The van der Waals surface area contributed by atoms with Crippen LogP contribution in [0, 0.1) is 5.82 Å². The summed E-state index contributed by atoms with van der Waals surface area (Å²) in [6.07, 6.45) is 3.38. The van der Waals surface area contributed by atoms with Crippen molar-refractivity contribution in [3.05, 3.63) is 29.0 Å². The lowest BCUT2D eigenvalue weighted by molar-refractivity contribution is 0.369. The van der Waals surface area contributed by atoms with Crippen molar-refractivity contribution in [2.75, 3.05) is 18.0 Å². The Morgan fingerprint density at radius 1 is 1.47 bits per heavy atom. The Hall–Kier alpha value is -0.800. The summed E-state index contributed by atoms with van der Waals surface area (Å²) in [4.78, 5) is 2.28. The van der Waals surface area contributed by atoms with Crippen LogP contribution in [-0.2, 0) is 0 Å².